The summed E-state index contributed by atoms with van der Waals surface area (Å²) in [6, 6.07) is 2.50. The van der Waals surface area contributed by atoms with E-state index in [4.69, 9.17) is 27.9 Å². The van der Waals surface area contributed by atoms with Gasteiger partial charge in [-0.2, -0.15) is 0 Å². The topological polar surface area (TPSA) is 72.7 Å². The molecule has 0 N–H and O–H groups in total. The van der Waals surface area contributed by atoms with Crippen molar-refractivity contribution >= 4 is 34.8 Å². The van der Waals surface area contributed by atoms with Crippen LogP contribution < -0.4 is 0 Å². The molecule has 1 saturated heterocycles. The Bertz CT molecular complexity index is 565. The van der Waals surface area contributed by atoms with E-state index in [1.807, 2.05) is 0 Å². The second kappa shape index (κ2) is 5.95. The van der Waals surface area contributed by atoms with Crippen LogP contribution in [-0.4, -0.2) is 42.0 Å². The number of methoxy groups -OCH3 is 1. The van der Waals surface area contributed by atoms with Gasteiger partial charge in [0.15, 0.2) is 0 Å². The van der Waals surface area contributed by atoms with Crippen molar-refractivity contribution < 1.29 is 14.5 Å². The average molecular weight is 319 g/mol. The van der Waals surface area contributed by atoms with E-state index in [0.717, 1.165) is 12.5 Å². The van der Waals surface area contributed by atoms with Crippen molar-refractivity contribution in [1.82, 2.24) is 4.90 Å². The van der Waals surface area contributed by atoms with Crippen LogP contribution in [0.2, 0.25) is 10.0 Å². The molecule has 0 spiro atoms. The van der Waals surface area contributed by atoms with Crippen LogP contribution in [0.5, 0.6) is 0 Å². The number of halogens is 2. The Morgan fingerprint density at radius 3 is 2.75 bits per heavy atom. The van der Waals surface area contributed by atoms with Crippen LogP contribution in [0.25, 0.3) is 0 Å². The molecule has 1 heterocycles. The van der Waals surface area contributed by atoms with E-state index in [2.05, 4.69) is 0 Å². The largest absolute Gasteiger partial charge is 0.380 e. The first kappa shape index (κ1) is 15.0. The summed E-state index contributed by atoms with van der Waals surface area (Å²) < 4.78 is 5.18. The number of nitro benzene ring substituents is 1. The molecule has 108 valence electrons. The van der Waals surface area contributed by atoms with Crippen LogP contribution in [0, 0.1) is 10.1 Å². The molecule has 0 aliphatic carbocycles. The Balaban J connectivity index is 2.29. The van der Waals surface area contributed by atoms with Crippen molar-refractivity contribution in [3.8, 4) is 0 Å². The summed E-state index contributed by atoms with van der Waals surface area (Å²) in [4.78, 5) is 24.1. The third kappa shape index (κ3) is 2.87. The number of likely N-dealkylation sites (tertiary alicyclic amines) is 1. The van der Waals surface area contributed by atoms with Crippen LogP contribution in [0.1, 0.15) is 16.8 Å². The van der Waals surface area contributed by atoms with Gasteiger partial charge in [0.05, 0.1) is 16.0 Å². The van der Waals surface area contributed by atoms with Gasteiger partial charge in [-0.3, -0.25) is 14.9 Å². The fourth-order valence-corrected chi connectivity index (χ4v) is 2.51. The predicted molar refractivity (Wildman–Crippen MR) is 74.4 cm³/mol. The van der Waals surface area contributed by atoms with Crippen molar-refractivity contribution in [3.05, 3.63) is 37.9 Å². The first-order valence-electron chi connectivity index (χ1n) is 5.89. The number of nitro groups is 1. The SMILES string of the molecule is COC1CCN(C(=O)c2cc(Cl)c(Cl)c([N+](=O)[O-])c2)C1. The number of hydrogen-bond acceptors (Lipinski definition) is 4. The molecule has 1 unspecified atom stereocenters. The molecule has 0 saturated carbocycles. The van der Waals surface area contributed by atoms with E-state index in [9.17, 15) is 14.9 Å². The zero-order valence-corrected chi connectivity index (χ0v) is 12.1. The van der Waals surface area contributed by atoms with Crippen LogP contribution in [0.3, 0.4) is 0 Å². The summed E-state index contributed by atoms with van der Waals surface area (Å²) in [5.74, 6) is -0.314. The highest BCUT2D eigenvalue weighted by Gasteiger charge is 2.28. The number of nitrogens with zero attached hydrogens (tertiary/aromatic N) is 2. The molecular formula is C12H12Cl2N2O4. The van der Waals surface area contributed by atoms with Crippen LogP contribution in [0.15, 0.2) is 12.1 Å². The molecule has 8 heteroatoms. The molecule has 0 radical (unpaired) electrons. The molecule has 1 atom stereocenters. The third-order valence-electron chi connectivity index (χ3n) is 3.22. The molecule has 0 bridgehead atoms. The Kier molecular flexibility index (Phi) is 4.47. The van der Waals surface area contributed by atoms with Crippen molar-refractivity contribution in [2.45, 2.75) is 12.5 Å². The second-order valence-corrected chi connectivity index (χ2v) is 5.23. The highest BCUT2D eigenvalue weighted by atomic mass is 35.5. The number of benzene rings is 1. The maximum atomic E-state index is 12.3. The molecule has 0 aromatic heterocycles. The summed E-state index contributed by atoms with van der Waals surface area (Å²) in [6.45, 7) is 1.01. The normalized spacial score (nSPS) is 18.4. The molecule has 1 fully saturated rings. The predicted octanol–water partition coefficient (Wildman–Crippen LogP) is 2.76. The summed E-state index contributed by atoms with van der Waals surface area (Å²) in [5.41, 5.74) is -0.215. The van der Waals surface area contributed by atoms with Gasteiger partial charge in [0, 0.05) is 31.8 Å². The zero-order valence-electron chi connectivity index (χ0n) is 10.6. The Labute approximate surface area is 125 Å². The Morgan fingerprint density at radius 2 is 2.20 bits per heavy atom. The first-order chi connectivity index (χ1) is 9.43. The molecular weight excluding hydrogens is 307 g/mol. The lowest BCUT2D eigenvalue weighted by molar-refractivity contribution is -0.384. The van der Waals surface area contributed by atoms with E-state index in [1.165, 1.54) is 6.07 Å². The van der Waals surface area contributed by atoms with Crippen molar-refractivity contribution in [2.75, 3.05) is 20.2 Å². The highest BCUT2D eigenvalue weighted by Crippen LogP contribution is 2.33. The van der Waals surface area contributed by atoms with Crippen LogP contribution in [0.4, 0.5) is 5.69 Å². The van der Waals surface area contributed by atoms with Crippen LogP contribution in [-0.2, 0) is 4.74 Å². The van der Waals surface area contributed by atoms with Gasteiger partial charge in [-0.05, 0) is 12.5 Å². The minimum absolute atomic E-state index is 0.00305. The van der Waals surface area contributed by atoms with Crippen molar-refractivity contribution in [2.24, 2.45) is 0 Å². The summed E-state index contributed by atoms with van der Waals surface area (Å²) >= 11 is 11.6. The van der Waals surface area contributed by atoms with Crippen molar-refractivity contribution in [3.63, 3.8) is 0 Å². The van der Waals surface area contributed by atoms with Gasteiger partial charge in [0.25, 0.3) is 11.6 Å². The molecule has 1 aliphatic heterocycles. The van der Waals surface area contributed by atoms with E-state index in [-0.39, 0.29) is 33.3 Å². The van der Waals surface area contributed by atoms with Gasteiger partial charge in [-0.25, -0.2) is 0 Å². The number of ether oxygens (including phenoxy) is 1. The number of rotatable bonds is 3. The lowest BCUT2D eigenvalue weighted by atomic mass is 10.1. The molecule has 1 amide bonds. The average Bonchev–Trinajstić information content (AvgIpc) is 2.89. The summed E-state index contributed by atoms with van der Waals surface area (Å²) in [5, 5.41) is 10.7. The van der Waals surface area contributed by atoms with Gasteiger partial charge in [-0.1, -0.05) is 23.2 Å². The molecule has 1 aromatic carbocycles. The molecule has 6 nitrogen and oxygen atoms in total. The molecule has 1 aliphatic rings. The lowest BCUT2D eigenvalue weighted by Crippen LogP contribution is -2.30. The Hall–Kier alpha value is -1.37. The first-order valence-corrected chi connectivity index (χ1v) is 6.65. The Morgan fingerprint density at radius 1 is 1.50 bits per heavy atom. The number of hydrogen-bond donors (Lipinski definition) is 0. The van der Waals surface area contributed by atoms with E-state index < -0.39 is 4.92 Å². The number of carbonyl (C=O) groups excluding carboxylic acids is 1. The van der Waals surface area contributed by atoms with E-state index >= 15 is 0 Å². The van der Waals surface area contributed by atoms with Crippen LogP contribution >= 0.6 is 23.2 Å². The lowest BCUT2D eigenvalue weighted by Gasteiger charge is -2.16. The smallest absolute Gasteiger partial charge is 0.290 e. The maximum absolute atomic E-state index is 12.3. The van der Waals surface area contributed by atoms with Gasteiger partial charge in [0.1, 0.15) is 5.02 Å². The minimum Gasteiger partial charge on any atom is -0.380 e. The van der Waals surface area contributed by atoms with Gasteiger partial charge >= 0.3 is 0 Å². The van der Waals surface area contributed by atoms with Gasteiger partial charge in [0.2, 0.25) is 0 Å². The summed E-state index contributed by atoms with van der Waals surface area (Å²) in [7, 11) is 1.59. The fourth-order valence-electron chi connectivity index (χ4n) is 2.12. The quantitative estimate of drug-likeness (QED) is 0.634. The number of amides is 1. The fraction of sp³-hybridized carbons (Fsp3) is 0.417. The molecule has 1 aromatic rings. The highest BCUT2D eigenvalue weighted by molar-refractivity contribution is 6.43. The monoisotopic (exact) mass is 318 g/mol. The van der Waals surface area contributed by atoms with E-state index in [0.29, 0.717) is 13.1 Å². The molecule has 2 rings (SSSR count). The van der Waals surface area contributed by atoms with E-state index in [1.54, 1.807) is 12.0 Å². The van der Waals surface area contributed by atoms with Crippen molar-refractivity contribution in [1.29, 1.82) is 0 Å². The minimum atomic E-state index is -0.660. The van der Waals surface area contributed by atoms with Gasteiger partial charge in [-0.15, -0.1) is 0 Å². The molecule has 20 heavy (non-hydrogen) atoms. The number of carbonyl (C=O) groups is 1. The third-order valence-corrected chi connectivity index (χ3v) is 4.01. The van der Waals surface area contributed by atoms with Gasteiger partial charge < -0.3 is 9.64 Å². The zero-order chi connectivity index (χ0) is 14.9. The summed E-state index contributed by atoms with van der Waals surface area (Å²) in [6.07, 6.45) is 0.739. The second-order valence-electron chi connectivity index (χ2n) is 4.45. The standard InChI is InChI=1S/C12H12Cl2N2O4/c1-20-8-2-3-15(6-8)12(17)7-4-9(13)11(14)10(5-7)16(18)19/h4-5,8H,2-3,6H2,1H3. The maximum Gasteiger partial charge on any atom is 0.290 e.